The lowest BCUT2D eigenvalue weighted by Crippen LogP contribution is -2.19. The number of rotatable bonds is 4. The van der Waals surface area contributed by atoms with E-state index in [4.69, 9.17) is 16.6 Å². The maximum atomic E-state index is 5.97. The summed E-state index contributed by atoms with van der Waals surface area (Å²) >= 11 is 5.97. The molecule has 0 aliphatic heterocycles. The first-order valence-electron chi connectivity index (χ1n) is 7.65. The van der Waals surface area contributed by atoms with E-state index in [0.717, 1.165) is 35.7 Å². The Labute approximate surface area is 129 Å². The highest BCUT2D eigenvalue weighted by Crippen LogP contribution is 2.32. The predicted molar refractivity (Wildman–Crippen MR) is 86.8 cm³/mol. The van der Waals surface area contributed by atoms with Gasteiger partial charge in [0.05, 0.1) is 17.2 Å². The van der Waals surface area contributed by atoms with E-state index in [2.05, 4.69) is 27.8 Å². The summed E-state index contributed by atoms with van der Waals surface area (Å²) in [4.78, 5) is 9.31. The number of nitrogens with zero attached hydrogens (tertiary/aromatic N) is 3. The first kappa shape index (κ1) is 13.1. The second kappa shape index (κ2) is 5.30. The monoisotopic (exact) mass is 299 g/mol. The van der Waals surface area contributed by atoms with Crippen LogP contribution in [0.3, 0.4) is 0 Å². The van der Waals surface area contributed by atoms with Gasteiger partial charge in [-0.05, 0) is 24.8 Å². The van der Waals surface area contributed by atoms with Crippen LogP contribution in [0.25, 0.3) is 21.9 Å². The highest BCUT2D eigenvalue weighted by molar-refractivity contribution is 6.18. The van der Waals surface area contributed by atoms with E-state index in [-0.39, 0.29) is 0 Å². The smallest absolute Gasteiger partial charge is 0.111 e. The highest BCUT2D eigenvalue weighted by atomic mass is 35.5. The van der Waals surface area contributed by atoms with Crippen molar-refractivity contribution in [2.45, 2.75) is 32.2 Å². The standard InChI is InChI=1S/C17H18ClN3/c18-9-8-16-20-15-10-19-14-7-2-1-6-13(14)17(15)21(16)11-12-4-3-5-12/h1-2,6-7,10,12H,3-5,8-9,11H2. The summed E-state index contributed by atoms with van der Waals surface area (Å²) in [6.07, 6.45) is 6.75. The lowest BCUT2D eigenvalue weighted by atomic mass is 9.85. The second-order valence-electron chi connectivity index (χ2n) is 5.88. The number of aromatic nitrogens is 3. The maximum Gasteiger partial charge on any atom is 0.111 e. The molecule has 2 heterocycles. The number of pyridine rings is 1. The minimum atomic E-state index is 0.610. The molecule has 0 bridgehead atoms. The van der Waals surface area contributed by atoms with E-state index < -0.39 is 0 Å². The molecule has 0 N–H and O–H groups in total. The summed E-state index contributed by atoms with van der Waals surface area (Å²) < 4.78 is 2.39. The third kappa shape index (κ3) is 2.20. The molecule has 0 saturated heterocycles. The number of halogens is 1. The number of alkyl halides is 1. The zero-order chi connectivity index (χ0) is 14.2. The number of fused-ring (bicyclic) bond motifs is 3. The molecular formula is C17H18ClN3. The summed E-state index contributed by atoms with van der Waals surface area (Å²) in [5.74, 6) is 2.51. The molecule has 0 atom stereocenters. The minimum Gasteiger partial charge on any atom is -0.327 e. The van der Waals surface area contributed by atoms with Gasteiger partial charge in [0.15, 0.2) is 0 Å². The number of aryl methyl sites for hydroxylation is 1. The molecule has 2 aromatic heterocycles. The number of benzene rings is 1. The lowest BCUT2D eigenvalue weighted by molar-refractivity contribution is 0.277. The van der Waals surface area contributed by atoms with Crippen LogP contribution in [0.1, 0.15) is 25.1 Å². The molecule has 1 saturated carbocycles. The van der Waals surface area contributed by atoms with Crippen LogP contribution in [0, 0.1) is 5.92 Å². The Hall–Kier alpha value is -1.61. The van der Waals surface area contributed by atoms with Crippen molar-refractivity contribution in [1.82, 2.24) is 14.5 Å². The van der Waals surface area contributed by atoms with Crippen LogP contribution in [-0.4, -0.2) is 20.4 Å². The molecule has 1 fully saturated rings. The van der Waals surface area contributed by atoms with Crippen LogP contribution in [0.4, 0.5) is 0 Å². The Morgan fingerprint density at radius 2 is 2.05 bits per heavy atom. The van der Waals surface area contributed by atoms with Crippen molar-refractivity contribution in [3.8, 4) is 0 Å². The molecule has 0 radical (unpaired) electrons. The fourth-order valence-corrected chi connectivity index (χ4v) is 3.38. The first-order chi connectivity index (χ1) is 10.4. The molecule has 21 heavy (non-hydrogen) atoms. The number of hydrogen-bond donors (Lipinski definition) is 0. The third-order valence-corrected chi connectivity index (χ3v) is 4.73. The first-order valence-corrected chi connectivity index (χ1v) is 8.19. The molecule has 1 aromatic carbocycles. The molecule has 0 unspecified atom stereocenters. The Bertz CT molecular complexity index is 789. The zero-order valence-corrected chi connectivity index (χ0v) is 12.7. The molecule has 3 aromatic rings. The summed E-state index contributed by atoms with van der Waals surface area (Å²) in [6.45, 7) is 1.07. The average Bonchev–Trinajstić information content (AvgIpc) is 2.81. The van der Waals surface area contributed by atoms with Gasteiger partial charge >= 0.3 is 0 Å². The minimum absolute atomic E-state index is 0.610. The van der Waals surface area contributed by atoms with Gasteiger partial charge in [0.1, 0.15) is 11.3 Å². The Kier molecular flexibility index (Phi) is 3.30. The van der Waals surface area contributed by atoms with Gasteiger partial charge in [0.25, 0.3) is 0 Å². The van der Waals surface area contributed by atoms with E-state index in [0.29, 0.717) is 5.88 Å². The van der Waals surface area contributed by atoms with Crippen LogP contribution in [0.15, 0.2) is 30.5 Å². The molecule has 1 aliphatic carbocycles. The molecule has 3 nitrogen and oxygen atoms in total. The molecule has 0 spiro atoms. The second-order valence-corrected chi connectivity index (χ2v) is 6.26. The Morgan fingerprint density at radius 1 is 1.19 bits per heavy atom. The number of imidazole rings is 1. The summed E-state index contributed by atoms with van der Waals surface area (Å²) in [7, 11) is 0. The van der Waals surface area contributed by atoms with Crippen molar-refractivity contribution < 1.29 is 0 Å². The van der Waals surface area contributed by atoms with Crippen molar-refractivity contribution >= 4 is 33.5 Å². The van der Waals surface area contributed by atoms with Crippen LogP contribution in [0.5, 0.6) is 0 Å². The maximum absolute atomic E-state index is 5.97. The van der Waals surface area contributed by atoms with E-state index in [1.54, 1.807) is 0 Å². The molecule has 4 rings (SSSR count). The summed E-state index contributed by atoms with van der Waals surface area (Å²) in [5.41, 5.74) is 3.26. The van der Waals surface area contributed by atoms with E-state index in [9.17, 15) is 0 Å². The SMILES string of the molecule is ClCCc1nc2cnc3ccccc3c2n1CC1CCC1. The van der Waals surface area contributed by atoms with Crippen LogP contribution in [0.2, 0.25) is 0 Å². The van der Waals surface area contributed by atoms with Crippen LogP contribution >= 0.6 is 11.6 Å². The van der Waals surface area contributed by atoms with Gasteiger partial charge in [0.2, 0.25) is 0 Å². The topological polar surface area (TPSA) is 30.7 Å². The van der Waals surface area contributed by atoms with Crippen LogP contribution < -0.4 is 0 Å². The fourth-order valence-electron chi connectivity index (χ4n) is 3.22. The van der Waals surface area contributed by atoms with E-state index >= 15 is 0 Å². The molecular weight excluding hydrogens is 282 g/mol. The lowest BCUT2D eigenvalue weighted by Gasteiger charge is -2.26. The highest BCUT2D eigenvalue weighted by Gasteiger charge is 2.21. The molecule has 0 amide bonds. The van der Waals surface area contributed by atoms with Crippen LogP contribution in [-0.2, 0) is 13.0 Å². The van der Waals surface area contributed by atoms with Crippen molar-refractivity contribution in [2.75, 3.05) is 5.88 Å². The van der Waals surface area contributed by atoms with Gasteiger partial charge in [-0.15, -0.1) is 11.6 Å². The van der Waals surface area contributed by atoms with Crippen molar-refractivity contribution in [1.29, 1.82) is 0 Å². The third-order valence-electron chi connectivity index (χ3n) is 4.54. The average molecular weight is 300 g/mol. The molecule has 1 aliphatic rings. The van der Waals surface area contributed by atoms with Gasteiger partial charge in [-0.2, -0.15) is 0 Å². The van der Waals surface area contributed by atoms with Crippen molar-refractivity contribution in [3.05, 3.63) is 36.3 Å². The fraction of sp³-hybridized carbons (Fsp3) is 0.412. The largest absolute Gasteiger partial charge is 0.327 e. The zero-order valence-electron chi connectivity index (χ0n) is 11.9. The van der Waals surface area contributed by atoms with Gasteiger partial charge in [-0.3, -0.25) is 4.98 Å². The molecule has 108 valence electrons. The van der Waals surface area contributed by atoms with Gasteiger partial charge < -0.3 is 4.57 Å². The van der Waals surface area contributed by atoms with Gasteiger partial charge in [-0.1, -0.05) is 24.6 Å². The van der Waals surface area contributed by atoms with Crippen molar-refractivity contribution in [3.63, 3.8) is 0 Å². The van der Waals surface area contributed by atoms with E-state index in [1.807, 2.05) is 12.3 Å². The molecule has 4 heteroatoms. The predicted octanol–water partition coefficient (Wildman–Crippen LogP) is 4.17. The Morgan fingerprint density at radius 3 is 2.81 bits per heavy atom. The van der Waals surface area contributed by atoms with Gasteiger partial charge in [0, 0.05) is 24.2 Å². The van der Waals surface area contributed by atoms with Gasteiger partial charge in [-0.25, -0.2) is 4.98 Å². The van der Waals surface area contributed by atoms with E-state index in [1.165, 1.54) is 30.2 Å². The van der Waals surface area contributed by atoms with Crippen molar-refractivity contribution in [2.24, 2.45) is 5.92 Å². The quantitative estimate of drug-likeness (QED) is 0.677. The normalized spacial score (nSPS) is 15.7. The number of hydrogen-bond acceptors (Lipinski definition) is 2. The number of para-hydroxylation sites is 1. The Balaban J connectivity index is 1.95. The summed E-state index contributed by atoms with van der Waals surface area (Å²) in [6, 6.07) is 8.32. The summed E-state index contributed by atoms with van der Waals surface area (Å²) in [5, 5.41) is 1.20.